The van der Waals surface area contributed by atoms with Gasteiger partial charge < -0.3 is 20.1 Å². The SMILES string of the molecule is COc1ccc2[nH]c(=O)c3sccc3c2c1/C=C/CN1CCC(NC(=O)O)CC1. The number of pyridine rings is 1. The van der Waals surface area contributed by atoms with Gasteiger partial charge >= 0.3 is 6.09 Å². The molecule has 0 spiro atoms. The van der Waals surface area contributed by atoms with E-state index >= 15 is 0 Å². The molecular weight excluding hydrogens is 390 g/mol. The van der Waals surface area contributed by atoms with Crippen LogP contribution in [-0.2, 0) is 0 Å². The van der Waals surface area contributed by atoms with Gasteiger partial charge in [-0.1, -0.05) is 12.2 Å². The summed E-state index contributed by atoms with van der Waals surface area (Å²) in [7, 11) is 1.65. The summed E-state index contributed by atoms with van der Waals surface area (Å²) >= 11 is 1.44. The molecule has 0 atom stereocenters. The highest BCUT2D eigenvalue weighted by Gasteiger charge is 2.19. The molecule has 1 aliphatic heterocycles. The quantitative estimate of drug-likeness (QED) is 0.595. The van der Waals surface area contributed by atoms with Crippen LogP contribution in [0, 0.1) is 0 Å². The molecule has 3 heterocycles. The number of H-pyrrole nitrogens is 1. The molecule has 1 amide bonds. The first kappa shape index (κ1) is 19.5. The predicted molar refractivity (Wildman–Crippen MR) is 116 cm³/mol. The molecule has 0 bridgehead atoms. The number of carbonyl (C=O) groups is 1. The first-order valence-electron chi connectivity index (χ1n) is 9.55. The van der Waals surface area contributed by atoms with Gasteiger partial charge in [-0.25, -0.2) is 4.79 Å². The third-order valence-electron chi connectivity index (χ3n) is 5.38. The van der Waals surface area contributed by atoms with Crippen LogP contribution in [0.25, 0.3) is 27.1 Å². The highest BCUT2D eigenvalue weighted by atomic mass is 32.1. The number of aromatic nitrogens is 1. The van der Waals surface area contributed by atoms with Gasteiger partial charge in [-0.15, -0.1) is 11.3 Å². The average molecular weight is 413 g/mol. The summed E-state index contributed by atoms with van der Waals surface area (Å²) in [5.74, 6) is 0.762. The summed E-state index contributed by atoms with van der Waals surface area (Å²) in [6.07, 6.45) is 4.83. The van der Waals surface area contributed by atoms with E-state index in [2.05, 4.69) is 27.4 Å². The number of hydrogen-bond acceptors (Lipinski definition) is 5. The van der Waals surface area contributed by atoms with Crippen molar-refractivity contribution in [3.8, 4) is 5.75 Å². The molecule has 29 heavy (non-hydrogen) atoms. The van der Waals surface area contributed by atoms with Crippen LogP contribution in [0.4, 0.5) is 4.79 Å². The number of nitrogens with one attached hydrogen (secondary N) is 2. The Hall–Kier alpha value is -2.84. The number of methoxy groups -OCH3 is 1. The highest BCUT2D eigenvalue weighted by molar-refractivity contribution is 7.17. The number of amides is 1. The lowest BCUT2D eigenvalue weighted by molar-refractivity contribution is 0.173. The van der Waals surface area contributed by atoms with E-state index in [-0.39, 0.29) is 11.6 Å². The van der Waals surface area contributed by atoms with Crippen LogP contribution in [0.5, 0.6) is 5.75 Å². The van der Waals surface area contributed by atoms with E-state index in [1.807, 2.05) is 23.6 Å². The zero-order valence-electron chi connectivity index (χ0n) is 16.1. The summed E-state index contributed by atoms with van der Waals surface area (Å²) in [5, 5.41) is 15.3. The van der Waals surface area contributed by atoms with E-state index in [0.29, 0.717) is 4.70 Å². The third-order valence-corrected chi connectivity index (χ3v) is 6.29. The van der Waals surface area contributed by atoms with Gasteiger partial charge in [-0.3, -0.25) is 9.69 Å². The first-order chi connectivity index (χ1) is 14.1. The Balaban J connectivity index is 1.58. The number of benzene rings is 1. The maximum atomic E-state index is 12.3. The largest absolute Gasteiger partial charge is 0.496 e. The van der Waals surface area contributed by atoms with Gasteiger partial charge in [0.2, 0.25) is 0 Å². The van der Waals surface area contributed by atoms with Gasteiger partial charge in [0.25, 0.3) is 5.56 Å². The number of likely N-dealkylation sites (tertiary alicyclic amines) is 1. The number of nitrogens with zero attached hydrogens (tertiary/aromatic N) is 1. The lowest BCUT2D eigenvalue weighted by Crippen LogP contribution is -2.44. The summed E-state index contributed by atoms with van der Waals surface area (Å²) in [6.45, 7) is 2.48. The zero-order chi connectivity index (χ0) is 20.4. The smallest absolute Gasteiger partial charge is 0.404 e. The van der Waals surface area contributed by atoms with Gasteiger partial charge in [-0.05, 0) is 36.4 Å². The van der Waals surface area contributed by atoms with Crippen molar-refractivity contribution in [1.29, 1.82) is 0 Å². The summed E-state index contributed by atoms with van der Waals surface area (Å²) in [5.41, 5.74) is 1.68. The maximum Gasteiger partial charge on any atom is 0.404 e. The van der Waals surface area contributed by atoms with Crippen molar-refractivity contribution >= 4 is 44.5 Å². The molecule has 2 aromatic heterocycles. The molecular formula is C21H23N3O4S. The zero-order valence-corrected chi connectivity index (χ0v) is 16.9. The van der Waals surface area contributed by atoms with E-state index in [1.54, 1.807) is 7.11 Å². The number of piperidine rings is 1. The monoisotopic (exact) mass is 413 g/mol. The Bertz CT molecular complexity index is 1130. The Labute approximate surface area is 171 Å². The van der Waals surface area contributed by atoms with Crippen LogP contribution in [0.3, 0.4) is 0 Å². The molecule has 0 unspecified atom stereocenters. The van der Waals surface area contributed by atoms with Crippen LogP contribution in [0.2, 0.25) is 0 Å². The number of carboxylic acid groups (broad SMARTS) is 1. The standard InChI is InChI=1S/C21H23N3O4S/c1-28-17-5-4-16-18(15-8-12-29-19(15)20(25)23-16)14(17)3-2-9-24-10-6-13(7-11-24)22-21(26)27/h2-5,8,12-13,22H,6-7,9-11H2,1H3,(H,23,25)(H,26,27)/b3-2+. The van der Waals surface area contributed by atoms with Crippen molar-refractivity contribution in [1.82, 2.24) is 15.2 Å². The molecule has 0 saturated carbocycles. The predicted octanol–water partition coefficient (Wildman–Crippen LogP) is 3.50. The topological polar surface area (TPSA) is 94.7 Å². The second kappa shape index (κ2) is 8.26. The van der Waals surface area contributed by atoms with E-state index in [0.717, 1.165) is 60.1 Å². The number of fused-ring (bicyclic) bond motifs is 3. The second-order valence-electron chi connectivity index (χ2n) is 7.15. The fourth-order valence-corrected chi connectivity index (χ4v) is 4.75. The summed E-state index contributed by atoms with van der Waals surface area (Å²) < 4.78 is 6.30. The van der Waals surface area contributed by atoms with Gasteiger partial charge in [0.15, 0.2) is 0 Å². The Morgan fingerprint density at radius 1 is 1.38 bits per heavy atom. The second-order valence-corrected chi connectivity index (χ2v) is 8.06. The normalized spacial score (nSPS) is 16.0. The third kappa shape index (κ3) is 3.99. The van der Waals surface area contributed by atoms with Gasteiger partial charge in [0.1, 0.15) is 10.4 Å². The minimum Gasteiger partial charge on any atom is -0.496 e. The lowest BCUT2D eigenvalue weighted by Gasteiger charge is -2.30. The lowest BCUT2D eigenvalue weighted by atomic mass is 10.0. The summed E-state index contributed by atoms with van der Waals surface area (Å²) in [4.78, 5) is 28.3. The van der Waals surface area contributed by atoms with Crippen molar-refractivity contribution in [2.24, 2.45) is 0 Å². The first-order valence-corrected chi connectivity index (χ1v) is 10.4. The molecule has 1 fully saturated rings. The average Bonchev–Trinajstić information content (AvgIpc) is 3.19. The maximum absolute atomic E-state index is 12.3. The van der Waals surface area contributed by atoms with E-state index in [1.165, 1.54) is 11.3 Å². The van der Waals surface area contributed by atoms with E-state index in [9.17, 15) is 9.59 Å². The van der Waals surface area contributed by atoms with Crippen LogP contribution in [-0.4, -0.2) is 53.9 Å². The molecule has 0 aliphatic carbocycles. The molecule has 1 aromatic carbocycles. The molecule has 3 N–H and O–H groups in total. The van der Waals surface area contributed by atoms with Crippen molar-refractivity contribution < 1.29 is 14.6 Å². The minimum atomic E-state index is -0.954. The molecule has 8 heteroatoms. The van der Waals surface area contributed by atoms with E-state index in [4.69, 9.17) is 9.84 Å². The van der Waals surface area contributed by atoms with Crippen LogP contribution in [0.15, 0.2) is 34.4 Å². The van der Waals surface area contributed by atoms with Crippen LogP contribution >= 0.6 is 11.3 Å². The van der Waals surface area contributed by atoms with Gasteiger partial charge in [0.05, 0.1) is 7.11 Å². The van der Waals surface area contributed by atoms with Crippen LogP contribution < -0.4 is 15.6 Å². The molecule has 1 saturated heterocycles. The number of hydrogen-bond donors (Lipinski definition) is 3. The van der Waals surface area contributed by atoms with Crippen molar-refractivity contribution in [3.05, 3.63) is 45.6 Å². The molecule has 152 valence electrons. The fourth-order valence-electron chi connectivity index (χ4n) is 3.95. The fraction of sp³-hybridized carbons (Fsp3) is 0.333. The Morgan fingerprint density at radius 2 is 2.17 bits per heavy atom. The van der Waals surface area contributed by atoms with Crippen molar-refractivity contribution in [2.45, 2.75) is 18.9 Å². The number of thiophene rings is 1. The number of rotatable bonds is 5. The van der Waals surface area contributed by atoms with Gasteiger partial charge in [0, 0.05) is 47.5 Å². The Morgan fingerprint density at radius 3 is 2.90 bits per heavy atom. The molecule has 1 aliphatic rings. The minimum absolute atomic E-state index is 0.0367. The van der Waals surface area contributed by atoms with Crippen LogP contribution in [0.1, 0.15) is 18.4 Å². The van der Waals surface area contributed by atoms with Gasteiger partial charge in [-0.2, -0.15) is 0 Å². The number of aromatic amines is 1. The molecule has 0 radical (unpaired) electrons. The Kier molecular flexibility index (Phi) is 5.55. The molecule has 3 aromatic rings. The molecule has 7 nitrogen and oxygen atoms in total. The van der Waals surface area contributed by atoms with Crippen molar-refractivity contribution in [2.75, 3.05) is 26.7 Å². The highest BCUT2D eigenvalue weighted by Crippen LogP contribution is 2.34. The van der Waals surface area contributed by atoms with E-state index < -0.39 is 6.09 Å². The number of ether oxygens (including phenoxy) is 1. The molecule has 4 rings (SSSR count). The summed E-state index contributed by atoms with van der Waals surface area (Å²) in [6, 6.07) is 5.77. The van der Waals surface area contributed by atoms with Crippen molar-refractivity contribution in [3.63, 3.8) is 0 Å².